The number of nitrogens with zero attached hydrogens (tertiary/aromatic N) is 1. The van der Waals surface area contributed by atoms with E-state index < -0.39 is 23.3 Å². The van der Waals surface area contributed by atoms with E-state index in [1.54, 1.807) is 26.0 Å². The molecule has 2 aromatic carbocycles. The molecule has 2 atom stereocenters. The van der Waals surface area contributed by atoms with E-state index in [1.807, 2.05) is 13.8 Å². The molecule has 1 saturated heterocycles. The molecule has 9 heteroatoms. The van der Waals surface area contributed by atoms with Gasteiger partial charge in [-0.1, -0.05) is 24.6 Å². The number of rotatable bonds is 6. The zero-order valence-corrected chi connectivity index (χ0v) is 21.4. The average Bonchev–Trinajstić information content (AvgIpc) is 3.27. The van der Waals surface area contributed by atoms with Gasteiger partial charge in [-0.3, -0.25) is 14.5 Å². The predicted octanol–water partition coefficient (Wildman–Crippen LogP) is 6.37. The molecule has 2 aromatic rings. The molecule has 36 heavy (non-hydrogen) atoms. The normalized spacial score (nSPS) is 19.7. The number of benzene rings is 2. The summed E-state index contributed by atoms with van der Waals surface area (Å²) in [7, 11) is 0. The van der Waals surface area contributed by atoms with Crippen LogP contribution in [0.15, 0.2) is 30.3 Å². The van der Waals surface area contributed by atoms with Gasteiger partial charge in [0.2, 0.25) is 11.8 Å². The molecule has 2 aliphatic rings. The first kappa shape index (κ1) is 26.3. The lowest BCUT2D eigenvalue weighted by Crippen LogP contribution is -2.40. The minimum Gasteiger partial charge on any atom is -0.488 e. The van der Waals surface area contributed by atoms with Crippen molar-refractivity contribution in [2.75, 3.05) is 0 Å². The maximum atomic E-state index is 13.9. The summed E-state index contributed by atoms with van der Waals surface area (Å²) in [5.74, 6) is -0.973. The zero-order valence-electron chi connectivity index (χ0n) is 20.7. The number of likely N-dealkylation sites (tertiary alicyclic amines) is 1. The van der Waals surface area contributed by atoms with Crippen molar-refractivity contribution in [3.63, 3.8) is 0 Å². The zero-order chi connectivity index (χ0) is 26.4. The molecular formula is C27H29ClF3NO4. The van der Waals surface area contributed by atoms with E-state index in [0.29, 0.717) is 41.2 Å². The van der Waals surface area contributed by atoms with Gasteiger partial charge in [0.1, 0.15) is 23.7 Å². The Hall–Kier alpha value is -2.74. The Labute approximate surface area is 213 Å². The fraction of sp³-hybridized carbons (Fsp3) is 0.481. The highest BCUT2D eigenvalue weighted by Gasteiger charge is 2.37. The fourth-order valence-corrected chi connectivity index (χ4v) is 5.17. The number of fused-ring (bicyclic) bond motifs is 1. The number of carbonyl (C=O) groups is 2. The van der Waals surface area contributed by atoms with Crippen LogP contribution >= 0.6 is 11.6 Å². The maximum Gasteiger partial charge on any atom is 0.419 e. The molecule has 0 radical (unpaired) electrons. The van der Waals surface area contributed by atoms with Gasteiger partial charge >= 0.3 is 6.18 Å². The number of hydrogen-bond donors (Lipinski definition) is 0. The molecule has 0 saturated carbocycles. The number of amides is 2. The van der Waals surface area contributed by atoms with Gasteiger partial charge in [0, 0.05) is 35.4 Å². The van der Waals surface area contributed by atoms with E-state index in [2.05, 4.69) is 0 Å². The summed E-state index contributed by atoms with van der Waals surface area (Å²) >= 11 is 6.22. The molecule has 4 rings (SSSR count). The molecule has 2 heterocycles. The first-order chi connectivity index (χ1) is 16.7. The first-order valence-corrected chi connectivity index (χ1v) is 12.3. The van der Waals surface area contributed by atoms with Crippen LogP contribution in [0.4, 0.5) is 13.2 Å². The average molecular weight is 524 g/mol. The van der Waals surface area contributed by atoms with Crippen molar-refractivity contribution in [2.24, 2.45) is 5.92 Å². The molecule has 1 fully saturated rings. The van der Waals surface area contributed by atoms with Crippen LogP contribution < -0.4 is 9.47 Å². The quantitative estimate of drug-likeness (QED) is 0.441. The van der Waals surface area contributed by atoms with Gasteiger partial charge in [-0.25, -0.2) is 0 Å². The van der Waals surface area contributed by atoms with Crippen molar-refractivity contribution in [1.29, 1.82) is 0 Å². The Morgan fingerprint density at radius 3 is 2.64 bits per heavy atom. The Morgan fingerprint density at radius 1 is 1.28 bits per heavy atom. The minimum absolute atomic E-state index is 0.0728. The van der Waals surface area contributed by atoms with Gasteiger partial charge in [-0.05, 0) is 69.0 Å². The van der Waals surface area contributed by atoms with Crippen molar-refractivity contribution >= 4 is 23.4 Å². The van der Waals surface area contributed by atoms with Crippen LogP contribution in [0, 0.1) is 5.92 Å². The highest BCUT2D eigenvalue weighted by Crippen LogP contribution is 2.41. The molecule has 0 aromatic heterocycles. The van der Waals surface area contributed by atoms with Gasteiger partial charge in [-0.15, -0.1) is 0 Å². The lowest BCUT2D eigenvalue weighted by Gasteiger charge is -2.24. The second-order valence-electron chi connectivity index (χ2n) is 10.3. The predicted molar refractivity (Wildman–Crippen MR) is 129 cm³/mol. The van der Waals surface area contributed by atoms with Crippen molar-refractivity contribution in [3.05, 3.63) is 57.6 Å². The second-order valence-corrected chi connectivity index (χ2v) is 10.7. The van der Waals surface area contributed by atoms with E-state index in [4.69, 9.17) is 21.1 Å². The van der Waals surface area contributed by atoms with E-state index in [1.165, 1.54) is 17.0 Å². The number of imide groups is 1. The van der Waals surface area contributed by atoms with Crippen molar-refractivity contribution in [3.8, 4) is 11.5 Å². The molecule has 0 N–H and O–H groups in total. The highest BCUT2D eigenvalue weighted by atomic mass is 35.5. The standard InChI is InChI=1S/C27H29ClF3NO4/c1-15(25(34)32-16(2)5-8-23(32)33)9-17-6-7-22(21(10-17)27(29,30)31)35-14-19-12-20(28)11-18-13-26(3,4)36-24(18)19/h6-7,10-12,15-16H,5,8-9,13-14H2,1-4H3/t15-,16+/m0/s1. The third-order valence-corrected chi connectivity index (χ3v) is 6.84. The topological polar surface area (TPSA) is 55.8 Å². The molecule has 0 aliphatic carbocycles. The van der Waals surface area contributed by atoms with Crippen LogP contribution in [0.5, 0.6) is 11.5 Å². The highest BCUT2D eigenvalue weighted by molar-refractivity contribution is 6.30. The van der Waals surface area contributed by atoms with Crippen molar-refractivity contribution in [1.82, 2.24) is 4.90 Å². The lowest BCUT2D eigenvalue weighted by atomic mass is 9.97. The van der Waals surface area contributed by atoms with Crippen LogP contribution in [-0.4, -0.2) is 28.4 Å². The van der Waals surface area contributed by atoms with Crippen LogP contribution in [0.2, 0.25) is 5.02 Å². The third kappa shape index (κ3) is 5.48. The van der Waals surface area contributed by atoms with Gasteiger partial charge in [0.25, 0.3) is 0 Å². The van der Waals surface area contributed by atoms with Gasteiger partial charge in [0.15, 0.2) is 0 Å². The molecule has 2 amide bonds. The van der Waals surface area contributed by atoms with Crippen LogP contribution in [0.25, 0.3) is 0 Å². The van der Waals surface area contributed by atoms with Crippen LogP contribution in [0.3, 0.4) is 0 Å². The summed E-state index contributed by atoms with van der Waals surface area (Å²) in [5, 5.41) is 0.462. The molecule has 0 bridgehead atoms. The van der Waals surface area contributed by atoms with E-state index >= 15 is 0 Å². The summed E-state index contributed by atoms with van der Waals surface area (Å²) in [6.07, 6.45) is -3.05. The largest absolute Gasteiger partial charge is 0.488 e. The smallest absolute Gasteiger partial charge is 0.419 e. The number of halogens is 4. The Kier molecular flexibility index (Phi) is 7.03. The Morgan fingerprint density at radius 2 is 2.00 bits per heavy atom. The van der Waals surface area contributed by atoms with Crippen LogP contribution in [-0.2, 0) is 35.2 Å². The van der Waals surface area contributed by atoms with E-state index in [-0.39, 0.29) is 36.6 Å². The van der Waals surface area contributed by atoms with Crippen molar-refractivity contribution < 1.29 is 32.2 Å². The monoisotopic (exact) mass is 523 g/mol. The first-order valence-electron chi connectivity index (χ1n) is 11.9. The molecule has 2 aliphatic heterocycles. The molecule has 0 unspecified atom stereocenters. The Balaban J connectivity index is 1.53. The van der Waals surface area contributed by atoms with Crippen molar-refractivity contribution in [2.45, 2.75) is 77.8 Å². The van der Waals surface area contributed by atoms with E-state index in [9.17, 15) is 22.8 Å². The summed E-state index contributed by atoms with van der Waals surface area (Å²) in [6, 6.07) is 7.04. The fourth-order valence-electron chi connectivity index (χ4n) is 4.91. The number of hydrogen-bond acceptors (Lipinski definition) is 4. The summed E-state index contributed by atoms with van der Waals surface area (Å²) in [4.78, 5) is 26.1. The Bertz CT molecular complexity index is 1190. The molecular weight excluding hydrogens is 495 g/mol. The second kappa shape index (κ2) is 9.61. The molecule has 0 spiro atoms. The van der Waals surface area contributed by atoms with Gasteiger partial charge in [-0.2, -0.15) is 13.2 Å². The SMILES string of the molecule is C[C@@H]1CCC(=O)N1C(=O)[C@@H](C)Cc1ccc(OCc2cc(Cl)cc3c2OC(C)(C)C3)c(C(F)(F)F)c1. The molecule has 5 nitrogen and oxygen atoms in total. The van der Waals surface area contributed by atoms with Gasteiger partial charge in [0.05, 0.1) is 5.56 Å². The third-order valence-electron chi connectivity index (χ3n) is 6.62. The summed E-state index contributed by atoms with van der Waals surface area (Å²) in [6.45, 7) is 7.13. The number of alkyl halides is 3. The minimum atomic E-state index is -4.66. The number of carbonyl (C=O) groups excluding carboxylic acids is 2. The van der Waals surface area contributed by atoms with E-state index in [0.717, 1.165) is 11.6 Å². The summed E-state index contributed by atoms with van der Waals surface area (Å²) in [5.41, 5.74) is 0.436. The lowest BCUT2D eigenvalue weighted by molar-refractivity contribution is -0.146. The van der Waals surface area contributed by atoms with Gasteiger partial charge < -0.3 is 9.47 Å². The number of ether oxygens (including phenoxy) is 2. The van der Waals surface area contributed by atoms with Crippen LogP contribution in [0.1, 0.15) is 62.8 Å². The maximum absolute atomic E-state index is 13.9. The summed E-state index contributed by atoms with van der Waals surface area (Å²) < 4.78 is 53.4. The molecule has 194 valence electrons.